The summed E-state index contributed by atoms with van der Waals surface area (Å²) in [5.41, 5.74) is 10.1. The minimum Gasteiger partial charge on any atom is -0.487 e. The Morgan fingerprint density at radius 2 is 1.89 bits per heavy atom. The lowest BCUT2D eigenvalue weighted by molar-refractivity contribution is -0.136. The molecule has 0 bridgehead atoms. The molecule has 2 aromatic carbocycles. The van der Waals surface area contributed by atoms with Gasteiger partial charge in [0.25, 0.3) is 5.91 Å². The Kier molecular flexibility index (Phi) is 5.38. The van der Waals surface area contributed by atoms with Crippen LogP contribution in [-0.2, 0) is 22.7 Å². The first-order valence-corrected chi connectivity index (χ1v) is 12.4. The van der Waals surface area contributed by atoms with E-state index in [2.05, 4.69) is 22.3 Å². The van der Waals surface area contributed by atoms with E-state index in [0.717, 1.165) is 61.3 Å². The summed E-state index contributed by atoms with van der Waals surface area (Å²) in [4.78, 5) is 40.9. The van der Waals surface area contributed by atoms with Crippen molar-refractivity contribution in [3.63, 3.8) is 0 Å². The molecule has 6 rings (SSSR count). The number of carbonyl (C=O) groups is 3. The summed E-state index contributed by atoms with van der Waals surface area (Å²) in [5.74, 6) is 0.137. The van der Waals surface area contributed by atoms with Crippen LogP contribution in [0.3, 0.4) is 0 Å². The topological polar surface area (TPSA) is 105 Å². The Hall–Kier alpha value is -3.23. The number of imide groups is 1. The van der Waals surface area contributed by atoms with Gasteiger partial charge in [0.1, 0.15) is 17.4 Å². The number of nitrogens with two attached hydrogens (primary N) is 1. The molecule has 0 aliphatic carbocycles. The minimum atomic E-state index is -0.582. The first-order valence-electron chi connectivity index (χ1n) is 12.4. The van der Waals surface area contributed by atoms with Crippen LogP contribution >= 0.6 is 0 Å². The number of amides is 3. The fraction of sp³-hybridized carbons (Fsp3) is 0.444. The van der Waals surface area contributed by atoms with Crippen molar-refractivity contribution in [1.29, 1.82) is 0 Å². The molecule has 3 amide bonds. The van der Waals surface area contributed by atoms with E-state index in [-0.39, 0.29) is 35.8 Å². The third-order valence-electron chi connectivity index (χ3n) is 8.00. The molecule has 0 saturated carbocycles. The number of carbonyl (C=O) groups excluding carboxylic acids is 3. The molecule has 35 heavy (non-hydrogen) atoms. The molecule has 0 aromatic heterocycles. The maximum Gasteiger partial charge on any atom is 0.255 e. The van der Waals surface area contributed by atoms with Crippen molar-refractivity contribution in [2.24, 2.45) is 5.73 Å². The third-order valence-corrected chi connectivity index (χ3v) is 8.00. The van der Waals surface area contributed by atoms with E-state index in [0.29, 0.717) is 18.5 Å². The fourth-order valence-corrected chi connectivity index (χ4v) is 6.05. The molecule has 2 unspecified atom stereocenters. The minimum absolute atomic E-state index is 0.00142. The van der Waals surface area contributed by atoms with Gasteiger partial charge in [-0.1, -0.05) is 30.3 Å². The zero-order valence-electron chi connectivity index (χ0n) is 19.7. The number of para-hydroxylation sites is 1. The zero-order valence-corrected chi connectivity index (χ0v) is 19.7. The van der Waals surface area contributed by atoms with E-state index in [1.165, 1.54) is 0 Å². The number of nitrogens with zero attached hydrogens (tertiary/aromatic N) is 2. The van der Waals surface area contributed by atoms with Crippen molar-refractivity contribution in [2.45, 2.75) is 62.9 Å². The third kappa shape index (κ3) is 4.00. The van der Waals surface area contributed by atoms with Gasteiger partial charge < -0.3 is 15.4 Å². The average molecular weight is 475 g/mol. The molecule has 2 saturated heterocycles. The molecule has 1 spiro atoms. The number of nitrogens with one attached hydrogen (secondary N) is 1. The van der Waals surface area contributed by atoms with Crippen LogP contribution in [0, 0.1) is 0 Å². The Labute approximate surface area is 204 Å². The summed E-state index contributed by atoms with van der Waals surface area (Å²) < 4.78 is 6.48. The predicted octanol–water partition coefficient (Wildman–Crippen LogP) is 2.26. The van der Waals surface area contributed by atoms with Gasteiger partial charge in [-0.05, 0) is 42.5 Å². The normalized spacial score (nSPS) is 25.7. The highest BCUT2D eigenvalue weighted by atomic mass is 16.5. The molecule has 4 aliphatic rings. The lowest BCUT2D eigenvalue weighted by atomic mass is 9.81. The van der Waals surface area contributed by atoms with E-state index in [4.69, 9.17) is 10.5 Å². The van der Waals surface area contributed by atoms with Crippen molar-refractivity contribution in [3.05, 3.63) is 64.7 Å². The maximum absolute atomic E-state index is 13.1. The van der Waals surface area contributed by atoms with Crippen LogP contribution in [0.5, 0.6) is 5.75 Å². The SMILES string of the molecule is NC1CC2(CCN(Cc3ccc4c(c3)C(=O)N(C3CCC(=O)NC3=O)C4)CC2)Oc2ccccc21. The highest BCUT2D eigenvalue weighted by Crippen LogP contribution is 2.43. The van der Waals surface area contributed by atoms with E-state index in [9.17, 15) is 14.4 Å². The molecule has 8 nitrogen and oxygen atoms in total. The van der Waals surface area contributed by atoms with Crippen LogP contribution in [0.2, 0.25) is 0 Å². The van der Waals surface area contributed by atoms with Crippen LogP contribution in [0.15, 0.2) is 42.5 Å². The Balaban J connectivity index is 1.10. The molecule has 8 heteroatoms. The Morgan fingerprint density at radius 1 is 1.09 bits per heavy atom. The predicted molar refractivity (Wildman–Crippen MR) is 128 cm³/mol. The van der Waals surface area contributed by atoms with Gasteiger partial charge in [0.15, 0.2) is 0 Å². The molecule has 2 aromatic rings. The number of benzene rings is 2. The summed E-state index contributed by atoms with van der Waals surface area (Å²) in [7, 11) is 0. The van der Waals surface area contributed by atoms with Crippen LogP contribution < -0.4 is 15.8 Å². The van der Waals surface area contributed by atoms with Crippen LogP contribution in [-0.4, -0.2) is 52.3 Å². The second-order valence-electron chi connectivity index (χ2n) is 10.3. The summed E-state index contributed by atoms with van der Waals surface area (Å²) in [5, 5.41) is 2.36. The van der Waals surface area contributed by atoms with Gasteiger partial charge >= 0.3 is 0 Å². The van der Waals surface area contributed by atoms with Crippen LogP contribution in [0.25, 0.3) is 0 Å². The summed E-state index contributed by atoms with van der Waals surface area (Å²) >= 11 is 0. The van der Waals surface area contributed by atoms with Crippen molar-refractivity contribution < 1.29 is 19.1 Å². The van der Waals surface area contributed by atoms with E-state index in [1.54, 1.807) is 4.90 Å². The number of likely N-dealkylation sites (tertiary alicyclic amines) is 1. The van der Waals surface area contributed by atoms with Crippen molar-refractivity contribution in [1.82, 2.24) is 15.1 Å². The summed E-state index contributed by atoms with van der Waals surface area (Å²) in [6.07, 6.45) is 3.31. The number of rotatable bonds is 3. The number of piperidine rings is 2. The average Bonchev–Trinajstić information content (AvgIpc) is 3.16. The Morgan fingerprint density at radius 3 is 2.69 bits per heavy atom. The van der Waals surface area contributed by atoms with Gasteiger partial charge in [0, 0.05) is 56.2 Å². The molecule has 2 atom stereocenters. The summed E-state index contributed by atoms with van der Waals surface area (Å²) in [6.45, 7) is 2.98. The zero-order chi connectivity index (χ0) is 24.2. The highest BCUT2D eigenvalue weighted by molar-refractivity contribution is 6.05. The van der Waals surface area contributed by atoms with E-state index in [1.807, 2.05) is 30.3 Å². The highest BCUT2D eigenvalue weighted by Gasteiger charge is 2.42. The van der Waals surface area contributed by atoms with Crippen molar-refractivity contribution >= 4 is 17.7 Å². The van der Waals surface area contributed by atoms with Gasteiger partial charge in [-0.15, -0.1) is 0 Å². The van der Waals surface area contributed by atoms with Crippen LogP contribution in [0.4, 0.5) is 0 Å². The number of ether oxygens (including phenoxy) is 1. The molecule has 0 radical (unpaired) electrons. The van der Waals surface area contributed by atoms with E-state index < -0.39 is 6.04 Å². The standard InChI is InChI=1S/C27H30N4O4/c28-21-14-27(35-23-4-2-1-3-19(21)23)9-11-30(12-10-27)15-17-5-6-18-16-31(26(34)20(18)13-17)22-7-8-24(32)29-25(22)33/h1-6,13,21-22H,7-12,14-16,28H2,(H,29,32,33). The molecule has 3 N–H and O–H groups in total. The van der Waals surface area contributed by atoms with Crippen LogP contribution in [0.1, 0.15) is 65.2 Å². The number of hydrogen-bond donors (Lipinski definition) is 2. The van der Waals surface area contributed by atoms with Gasteiger partial charge in [-0.3, -0.25) is 24.6 Å². The second kappa shape index (κ2) is 8.46. The summed E-state index contributed by atoms with van der Waals surface area (Å²) in [6, 6.07) is 13.5. The molecular formula is C27H30N4O4. The lowest BCUT2D eigenvalue weighted by Crippen LogP contribution is -2.52. The molecule has 4 aliphatic heterocycles. The molecule has 182 valence electrons. The van der Waals surface area contributed by atoms with Gasteiger partial charge in [0.05, 0.1) is 0 Å². The van der Waals surface area contributed by atoms with Crippen molar-refractivity contribution in [3.8, 4) is 5.75 Å². The van der Waals surface area contributed by atoms with Crippen molar-refractivity contribution in [2.75, 3.05) is 13.1 Å². The van der Waals surface area contributed by atoms with Gasteiger partial charge in [-0.25, -0.2) is 0 Å². The van der Waals surface area contributed by atoms with E-state index >= 15 is 0 Å². The van der Waals surface area contributed by atoms with Gasteiger partial charge in [0.2, 0.25) is 11.8 Å². The first kappa shape index (κ1) is 22.2. The molecular weight excluding hydrogens is 444 g/mol. The molecule has 2 fully saturated rings. The quantitative estimate of drug-likeness (QED) is 0.662. The maximum atomic E-state index is 13.1. The number of fused-ring (bicyclic) bond motifs is 2. The second-order valence-corrected chi connectivity index (χ2v) is 10.3. The number of hydrogen-bond acceptors (Lipinski definition) is 6. The Bertz CT molecular complexity index is 1200. The smallest absolute Gasteiger partial charge is 0.255 e. The van der Waals surface area contributed by atoms with Gasteiger partial charge in [-0.2, -0.15) is 0 Å². The monoisotopic (exact) mass is 474 g/mol. The largest absolute Gasteiger partial charge is 0.487 e. The lowest BCUT2D eigenvalue weighted by Gasteiger charge is -2.46. The fourth-order valence-electron chi connectivity index (χ4n) is 6.05. The molecule has 4 heterocycles. The first-order chi connectivity index (χ1) is 16.9.